The van der Waals surface area contributed by atoms with E-state index < -0.39 is 0 Å². The molecule has 1 aromatic carbocycles. The molecule has 22 heavy (non-hydrogen) atoms. The molecule has 6 heteroatoms. The van der Waals surface area contributed by atoms with E-state index in [1.54, 1.807) is 11.3 Å². The Labute approximate surface area is 140 Å². The van der Waals surface area contributed by atoms with Gasteiger partial charge in [-0.05, 0) is 40.6 Å². The van der Waals surface area contributed by atoms with Gasteiger partial charge in [0.15, 0.2) is 0 Å². The number of nitrogens with zero attached hydrogens (tertiary/aromatic N) is 1. The van der Waals surface area contributed by atoms with Gasteiger partial charge in [-0.3, -0.25) is 0 Å². The summed E-state index contributed by atoms with van der Waals surface area (Å²) < 4.78 is 0. The summed E-state index contributed by atoms with van der Waals surface area (Å²) in [4.78, 5) is 14.1. The van der Waals surface area contributed by atoms with Gasteiger partial charge in [0, 0.05) is 19.6 Å². The second kappa shape index (κ2) is 7.63. The molecule has 0 saturated heterocycles. The Morgan fingerprint density at radius 3 is 2.50 bits per heavy atom. The van der Waals surface area contributed by atoms with Gasteiger partial charge in [-0.1, -0.05) is 24.3 Å². The molecular formula is C16H20ClN3OS. The number of nitrogens with one attached hydrogen (secondary N) is 2. The van der Waals surface area contributed by atoms with Crippen molar-refractivity contribution in [2.45, 2.75) is 19.1 Å². The number of thiophene rings is 1. The predicted molar refractivity (Wildman–Crippen MR) is 92.5 cm³/mol. The van der Waals surface area contributed by atoms with Crippen LogP contribution in [0.5, 0.6) is 0 Å². The molecule has 3 rings (SSSR count). The highest BCUT2D eigenvalue weighted by Gasteiger charge is 2.23. The van der Waals surface area contributed by atoms with Crippen LogP contribution in [0, 0.1) is 0 Å². The molecule has 0 spiro atoms. The summed E-state index contributed by atoms with van der Waals surface area (Å²) in [5.74, 6) is 0. The summed E-state index contributed by atoms with van der Waals surface area (Å²) in [5.41, 5.74) is 3.71. The van der Waals surface area contributed by atoms with Crippen molar-refractivity contribution >= 4 is 29.8 Å². The molecule has 118 valence electrons. The minimum atomic E-state index is 0. The normalized spacial score (nSPS) is 14.1. The molecular weight excluding hydrogens is 318 g/mol. The van der Waals surface area contributed by atoms with E-state index in [0.717, 1.165) is 0 Å². The SMILES string of the molecule is CNC(CNC(=O)N1Cc2ccccc2C1)c1ccsc1.Cl. The van der Waals surface area contributed by atoms with Crippen LogP contribution in [0.25, 0.3) is 0 Å². The van der Waals surface area contributed by atoms with Crippen LogP contribution in [-0.2, 0) is 13.1 Å². The van der Waals surface area contributed by atoms with Gasteiger partial charge in [0.05, 0.1) is 6.04 Å². The van der Waals surface area contributed by atoms with E-state index in [-0.39, 0.29) is 24.5 Å². The maximum absolute atomic E-state index is 12.3. The van der Waals surface area contributed by atoms with Crippen molar-refractivity contribution in [2.75, 3.05) is 13.6 Å². The summed E-state index contributed by atoms with van der Waals surface area (Å²) in [6.45, 7) is 1.99. The van der Waals surface area contributed by atoms with Crippen LogP contribution in [-0.4, -0.2) is 24.5 Å². The van der Waals surface area contributed by atoms with Gasteiger partial charge in [0.1, 0.15) is 0 Å². The Morgan fingerprint density at radius 1 is 1.27 bits per heavy atom. The largest absolute Gasteiger partial charge is 0.336 e. The number of hydrogen-bond donors (Lipinski definition) is 2. The van der Waals surface area contributed by atoms with Crippen LogP contribution in [0.15, 0.2) is 41.1 Å². The second-order valence-electron chi connectivity index (χ2n) is 5.21. The minimum Gasteiger partial charge on any atom is -0.336 e. The Morgan fingerprint density at radius 2 is 1.95 bits per heavy atom. The molecule has 4 nitrogen and oxygen atoms in total. The summed E-state index contributed by atoms with van der Waals surface area (Å²) in [5, 5.41) is 10.4. The second-order valence-corrected chi connectivity index (χ2v) is 5.99. The van der Waals surface area contributed by atoms with Crippen LogP contribution in [0.4, 0.5) is 4.79 Å². The Balaban J connectivity index is 0.00000176. The van der Waals surface area contributed by atoms with Crippen LogP contribution in [0.1, 0.15) is 22.7 Å². The molecule has 1 atom stereocenters. The third-order valence-electron chi connectivity index (χ3n) is 3.88. The first-order valence-electron chi connectivity index (χ1n) is 7.07. The van der Waals surface area contributed by atoms with E-state index in [4.69, 9.17) is 0 Å². The standard InChI is InChI=1S/C16H19N3OS.ClH/c1-17-15(14-6-7-21-11-14)8-18-16(20)19-9-12-4-2-3-5-13(12)10-19;/h2-7,11,15,17H,8-10H2,1H3,(H,18,20);1H. The van der Waals surface area contributed by atoms with Crippen LogP contribution in [0.2, 0.25) is 0 Å². The Hall–Kier alpha value is -1.56. The van der Waals surface area contributed by atoms with E-state index in [9.17, 15) is 4.79 Å². The molecule has 0 radical (unpaired) electrons. The third-order valence-corrected chi connectivity index (χ3v) is 4.58. The van der Waals surface area contributed by atoms with Gasteiger partial charge in [-0.2, -0.15) is 11.3 Å². The van der Waals surface area contributed by atoms with Crippen LogP contribution in [0.3, 0.4) is 0 Å². The third kappa shape index (κ3) is 3.61. The number of halogens is 1. The number of urea groups is 1. The smallest absolute Gasteiger partial charge is 0.318 e. The number of fused-ring (bicyclic) bond motifs is 1. The summed E-state index contributed by atoms with van der Waals surface area (Å²) in [7, 11) is 1.92. The van der Waals surface area contributed by atoms with Crippen molar-refractivity contribution in [1.29, 1.82) is 0 Å². The fraction of sp³-hybridized carbons (Fsp3) is 0.312. The zero-order chi connectivity index (χ0) is 14.7. The lowest BCUT2D eigenvalue weighted by molar-refractivity contribution is 0.197. The number of rotatable bonds is 4. The Kier molecular flexibility index (Phi) is 5.83. The van der Waals surface area contributed by atoms with Crippen LogP contribution < -0.4 is 10.6 Å². The summed E-state index contributed by atoms with van der Waals surface area (Å²) in [6, 6.07) is 10.5. The highest BCUT2D eigenvalue weighted by atomic mass is 35.5. The highest BCUT2D eigenvalue weighted by molar-refractivity contribution is 7.07. The molecule has 0 fully saturated rings. The van der Waals surface area contributed by atoms with Crippen molar-refractivity contribution in [3.05, 3.63) is 57.8 Å². The van der Waals surface area contributed by atoms with E-state index in [1.807, 2.05) is 24.1 Å². The lowest BCUT2D eigenvalue weighted by atomic mass is 10.1. The first-order chi connectivity index (χ1) is 10.3. The van der Waals surface area contributed by atoms with E-state index in [2.05, 4.69) is 39.6 Å². The number of likely N-dealkylation sites (N-methyl/N-ethyl adjacent to an activating group) is 1. The molecule has 1 aliphatic rings. The number of carbonyl (C=O) groups excluding carboxylic acids is 1. The highest BCUT2D eigenvalue weighted by Crippen LogP contribution is 2.22. The molecule has 0 bridgehead atoms. The number of hydrogen-bond acceptors (Lipinski definition) is 3. The quantitative estimate of drug-likeness (QED) is 0.900. The lowest BCUT2D eigenvalue weighted by Gasteiger charge is -2.20. The molecule has 1 aromatic heterocycles. The average molecular weight is 338 g/mol. The van der Waals surface area contributed by atoms with Gasteiger partial charge in [0.2, 0.25) is 0 Å². The molecule has 2 N–H and O–H groups in total. The van der Waals surface area contributed by atoms with E-state index in [0.29, 0.717) is 19.6 Å². The topological polar surface area (TPSA) is 44.4 Å². The molecule has 2 heterocycles. The maximum atomic E-state index is 12.3. The van der Waals surface area contributed by atoms with E-state index >= 15 is 0 Å². The fourth-order valence-electron chi connectivity index (χ4n) is 2.64. The van der Waals surface area contributed by atoms with Crippen molar-refractivity contribution in [1.82, 2.24) is 15.5 Å². The van der Waals surface area contributed by atoms with Crippen molar-refractivity contribution < 1.29 is 4.79 Å². The predicted octanol–water partition coefficient (Wildman–Crippen LogP) is 3.16. The zero-order valence-electron chi connectivity index (χ0n) is 12.4. The number of carbonyl (C=O) groups is 1. The van der Waals surface area contributed by atoms with Crippen molar-refractivity contribution in [3.8, 4) is 0 Å². The van der Waals surface area contributed by atoms with Crippen molar-refractivity contribution in [3.63, 3.8) is 0 Å². The molecule has 2 amide bonds. The van der Waals surface area contributed by atoms with E-state index in [1.165, 1.54) is 16.7 Å². The average Bonchev–Trinajstić information content (AvgIpc) is 3.16. The summed E-state index contributed by atoms with van der Waals surface area (Å²) >= 11 is 1.67. The van der Waals surface area contributed by atoms with Crippen molar-refractivity contribution in [2.24, 2.45) is 0 Å². The molecule has 0 aliphatic carbocycles. The van der Waals surface area contributed by atoms with Gasteiger partial charge in [-0.15, -0.1) is 12.4 Å². The lowest BCUT2D eigenvalue weighted by Crippen LogP contribution is -2.40. The van der Waals surface area contributed by atoms with Gasteiger partial charge in [-0.25, -0.2) is 4.79 Å². The first kappa shape index (κ1) is 16.8. The number of amides is 2. The molecule has 0 saturated carbocycles. The maximum Gasteiger partial charge on any atom is 0.318 e. The van der Waals surface area contributed by atoms with Gasteiger partial charge < -0.3 is 15.5 Å². The molecule has 1 unspecified atom stereocenters. The van der Waals surface area contributed by atoms with Gasteiger partial charge in [0.25, 0.3) is 0 Å². The summed E-state index contributed by atoms with van der Waals surface area (Å²) in [6.07, 6.45) is 0. The fourth-order valence-corrected chi connectivity index (χ4v) is 3.35. The van der Waals surface area contributed by atoms with Gasteiger partial charge >= 0.3 is 6.03 Å². The first-order valence-corrected chi connectivity index (χ1v) is 8.01. The molecule has 1 aliphatic heterocycles. The zero-order valence-corrected chi connectivity index (χ0v) is 14.0. The number of benzene rings is 1. The van der Waals surface area contributed by atoms with Crippen LogP contribution >= 0.6 is 23.7 Å². The monoisotopic (exact) mass is 337 g/mol. The minimum absolute atomic E-state index is 0. The molecule has 2 aromatic rings. The Bertz CT molecular complexity index is 593.